The molecule has 114 valence electrons. The molecule has 0 heterocycles. The Morgan fingerprint density at radius 3 is 2.62 bits per heavy atom. The highest BCUT2D eigenvalue weighted by atomic mass is 16.5. The first-order chi connectivity index (χ1) is 10.2. The summed E-state index contributed by atoms with van der Waals surface area (Å²) in [5, 5.41) is 12.8. The Hall–Kier alpha value is -1.59. The molecule has 2 aliphatic carbocycles. The minimum Gasteiger partial charge on any atom is -0.491 e. The summed E-state index contributed by atoms with van der Waals surface area (Å²) in [6, 6.07) is 7.71. The molecule has 2 aliphatic rings. The first-order valence-electron chi connectivity index (χ1n) is 7.55. The van der Waals surface area contributed by atoms with Crippen LogP contribution >= 0.6 is 0 Å². The SMILES string of the molecule is NC(=O)C(COc1ccccc1CO)(NC1CC1)C1CC1. The van der Waals surface area contributed by atoms with E-state index in [1.807, 2.05) is 18.2 Å². The van der Waals surface area contributed by atoms with Crippen molar-refractivity contribution in [1.29, 1.82) is 0 Å². The van der Waals surface area contributed by atoms with Gasteiger partial charge in [0.05, 0.1) is 6.61 Å². The third-order valence-corrected chi connectivity index (χ3v) is 4.35. The molecule has 0 aromatic heterocycles. The van der Waals surface area contributed by atoms with Gasteiger partial charge in [-0.15, -0.1) is 0 Å². The van der Waals surface area contributed by atoms with Crippen molar-refractivity contribution in [1.82, 2.24) is 5.32 Å². The molecule has 1 unspecified atom stereocenters. The topological polar surface area (TPSA) is 84.6 Å². The van der Waals surface area contributed by atoms with Crippen molar-refractivity contribution in [3.63, 3.8) is 0 Å². The Morgan fingerprint density at radius 2 is 2.05 bits per heavy atom. The first-order valence-corrected chi connectivity index (χ1v) is 7.55. The van der Waals surface area contributed by atoms with Crippen molar-refractivity contribution < 1.29 is 14.6 Å². The van der Waals surface area contributed by atoms with Gasteiger partial charge in [-0.1, -0.05) is 18.2 Å². The number of rotatable bonds is 8. The summed E-state index contributed by atoms with van der Waals surface area (Å²) >= 11 is 0. The summed E-state index contributed by atoms with van der Waals surface area (Å²) in [6.45, 7) is 0.139. The highest BCUT2D eigenvalue weighted by Gasteiger charge is 2.52. The number of benzene rings is 1. The fraction of sp³-hybridized carbons (Fsp3) is 0.562. The lowest BCUT2D eigenvalue weighted by Gasteiger charge is -2.32. The second kappa shape index (κ2) is 5.66. The maximum absolute atomic E-state index is 12.1. The zero-order chi connectivity index (χ0) is 14.9. The van der Waals surface area contributed by atoms with Gasteiger partial charge in [-0.25, -0.2) is 0 Å². The van der Waals surface area contributed by atoms with E-state index in [2.05, 4.69) is 5.32 Å². The van der Waals surface area contributed by atoms with Crippen molar-refractivity contribution in [2.24, 2.45) is 11.7 Å². The van der Waals surface area contributed by atoms with Crippen molar-refractivity contribution in [2.45, 2.75) is 43.9 Å². The second-order valence-corrected chi connectivity index (χ2v) is 6.08. The maximum atomic E-state index is 12.1. The van der Waals surface area contributed by atoms with Gasteiger partial charge in [-0.2, -0.15) is 0 Å². The summed E-state index contributed by atoms with van der Waals surface area (Å²) in [6.07, 6.45) is 4.20. The lowest BCUT2D eigenvalue weighted by Crippen LogP contribution is -2.61. The van der Waals surface area contributed by atoms with Crippen LogP contribution in [-0.2, 0) is 11.4 Å². The Labute approximate surface area is 124 Å². The second-order valence-electron chi connectivity index (χ2n) is 6.08. The number of ether oxygens (including phenoxy) is 1. The molecule has 1 atom stereocenters. The Bertz CT molecular complexity index is 526. The summed E-state index contributed by atoms with van der Waals surface area (Å²) in [5.74, 6) is 0.541. The lowest BCUT2D eigenvalue weighted by molar-refractivity contribution is -0.126. The zero-order valence-corrected chi connectivity index (χ0v) is 12.0. The monoisotopic (exact) mass is 290 g/mol. The molecule has 21 heavy (non-hydrogen) atoms. The molecule has 2 saturated carbocycles. The van der Waals surface area contributed by atoms with E-state index in [1.165, 1.54) is 0 Å². The van der Waals surface area contributed by atoms with Gasteiger partial charge in [0.1, 0.15) is 17.9 Å². The van der Waals surface area contributed by atoms with E-state index in [-0.39, 0.29) is 25.0 Å². The Morgan fingerprint density at radius 1 is 1.33 bits per heavy atom. The number of hydrogen-bond acceptors (Lipinski definition) is 4. The standard InChI is InChI=1S/C16H22N2O3/c17-15(20)16(12-5-6-12,18-13-7-8-13)10-21-14-4-2-1-3-11(14)9-19/h1-4,12-13,18-19H,5-10H2,(H2,17,20). The average molecular weight is 290 g/mol. The van der Waals surface area contributed by atoms with Crippen LogP contribution in [-0.4, -0.2) is 29.2 Å². The molecule has 5 heteroatoms. The van der Waals surface area contributed by atoms with Gasteiger partial charge in [0, 0.05) is 11.6 Å². The molecule has 0 aliphatic heterocycles. The molecule has 0 saturated heterocycles. The average Bonchev–Trinajstić information content (AvgIpc) is 3.36. The first kappa shape index (κ1) is 14.4. The van der Waals surface area contributed by atoms with Crippen LogP contribution in [0.25, 0.3) is 0 Å². The number of amides is 1. The summed E-state index contributed by atoms with van der Waals surface area (Å²) in [4.78, 5) is 12.1. The third-order valence-electron chi connectivity index (χ3n) is 4.35. The molecule has 2 fully saturated rings. The van der Waals surface area contributed by atoms with Crippen molar-refractivity contribution in [3.05, 3.63) is 29.8 Å². The Balaban J connectivity index is 1.76. The van der Waals surface area contributed by atoms with Crippen molar-refractivity contribution in [2.75, 3.05) is 6.61 Å². The van der Waals surface area contributed by atoms with Crippen LogP contribution in [0, 0.1) is 5.92 Å². The molecule has 4 N–H and O–H groups in total. The van der Waals surface area contributed by atoms with Gasteiger partial charge in [-0.05, 0) is 37.7 Å². The highest BCUT2D eigenvalue weighted by molar-refractivity contribution is 5.86. The number of carbonyl (C=O) groups excluding carboxylic acids is 1. The number of nitrogens with two attached hydrogens (primary N) is 1. The molecule has 0 spiro atoms. The lowest BCUT2D eigenvalue weighted by atomic mass is 9.93. The summed E-state index contributed by atoms with van der Waals surface area (Å²) in [5.41, 5.74) is 5.64. The van der Waals surface area contributed by atoms with E-state index in [9.17, 15) is 9.90 Å². The highest BCUT2D eigenvalue weighted by Crippen LogP contribution is 2.42. The summed E-state index contributed by atoms with van der Waals surface area (Å²) < 4.78 is 5.86. The maximum Gasteiger partial charge on any atom is 0.241 e. The molecule has 0 radical (unpaired) electrons. The smallest absolute Gasteiger partial charge is 0.241 e. The van der Waals surface area contributed by atoms with Gasteiger partial charge in [0.15, 0.2) is 0 Å². The number of hydrogen-bond donors (Lipinski definition) is 3. The normalized spacial score (nSPS) is 20.8. The van der Waals surface area contributed by atoms with E-state index in [0.717, 1.165) is 31.2 Å². The largest absolute Gasteiger partial charge is 0.491 e. The van der Waals surface area contributed by atoms with E-state index in [0.29, 0.717) is 11.8 Å². The molecule has 0 bridgehead atoms. The van der Waals surface area contributed by atoms with Crippen molar-refractivity contribution >= 4 is 5.91 Å². The van der Waals surface area contributed by atoms with Gasteiger partial charge >= 0.3 is 0 Å². The molecule has 1 amide bonds. The molecule has 3 rings (SSSR count). The van der Waals surface area contributed by atoms with Crippen LogP contribution in [0.2, 0.25) is 0 Å². The number of carbonyl (C=O) groups is 1. The van der Waals surface area contributed by atoms with Crippen LogP contribution in [0.15, 0.2) is 24.3 Å². The number of aliphatic hydroxyl groups excluding tert-OH is 1. The Kier molecular flexibility index (Phi) is 3.87. The van der Waals surface area contributed by atoms with E-state index >= 15 is 0 Å². The fourth-order valence-electron chi connectivity index (χ4n) is 2.76. The number of primary amides is 1. The quantitative estimate of drug-likeness (QED) is 0.665. The van der Waals surface area contributed by atoms with Crippen LogP contribution in [0.4, 0.5) is 0 Å². The molecule has 1 aromatic carbocycles. The van der Waals surface area contributed by atoms with Crippen LogP contribution in [0.1, 0.15) is 31.2 Å². The molecular weight excluding hydrogens is 268 g/mol. The third kappa shape index (κ3) is 3.04. The fourth-order valence-corrected chi connectivity index (χ4v) is 2.76. The van der Waals surface area contributed by atoms with Gasteiger partial charge < -0.3 is 15.6 Å². The van der Waals surface area contributed by atoms with Gasteiger partial charge in [0.25, 0.3) is 0 Å². The van der Waals surface area contributed by atoms with Gasteiger partial charge in [0.2, 0.25) is 5.91 Å². The van der Waals surface area contributed by atoms with Crippen LogP contribution < -0.4 is 15.8 Å². The summed E-state index contributed by atoms with van der Waals surface area (Å²) in [7, 11) is 0. The molecule has 1 aromatic rings. The minimum atomic E-state index is -0.774. The van der Waals surface area contributed by atoms with E-state index < -0.39 is 5.54 Å². The molecular formula is C16H22N2O3. The van der Waals surface area contributed by atoms with E-state index in [4.69, 9.17) is 10.5 Å². The number of aliphatic hydroxyl groups is 1. The predicted octanol–water partition coefficient (Wildman–Crippen LogP) is 0.944. The van der Waals surface area contributed by atoms with Crippen LogP contribution in [0.5, 0.6) is 5.75 Å². The van der Waals surface area contributed by atoms with Crippen LogP contribution in [0.3, 0.4) is 0 Å². The number of para-hydroxylation sites is 1. The van der Waals surface area contributed by atoms with Crippen molar-refractivity contribution in [3.8, 4) is 5.75 Å². The zero-order valence-electron chi connectivity index (χ0n) is 12.0. The molecule has 5 nitrogen and oxygen atoms in total. The van der Waals surface area contributed by atoms with E-state index in [1.54, 1.807) is 6.07 Å². The predicted molar refractivity (Wildman–Crippen MR) is 78.7 cm³/mol. The van der Waals surface area contributed by atoms with Gasteiger partial charge in [-0.3, -0.25) is 10.1 Å². The minimum absolute atomic E-state index is 0.0841. The number of nitrogens with one attached hydrogen (secondary N) is 1.